The molecule has 0 fully saturated rings. The van der Waals surface area contributed by atoms with Crippen LogP contribution in [0.4, 0.5) is 0 Å². The number of likely N-dealkylation sites (N-methyl/N-ethyl adjacent to an activating group) is 1. The van der Waals surface area contributed by atoms with E-state index in [9.17, 15) is 5.11 Å². The van der Waals surface area contributed by atoms with Crippen molar-refractivity contribution in [1.29, 1.82) is 0 Å². The van der Waals surface area contributed by atoms with Crippen LogP contribution in [0.25, 0.3) is 0 Å². The van der Waals surface area contributed by atoms with Gasteiger partial charge in [0.25, 0.3) is 0 Å². The number of aliphatic hydroxyl groups excluding tert-OH is 1. The van der Waals surface area contributed by atoms with Crippen LogP contribution in [0.1, 0.15) is 30.9 Å². The second kappa shape index (κ2) is 7.25. The summed E-state index contributed by atoms with van der Waals surface area (Å²) in [6.07, 6.45) is -0.781. The summed E-state index contributed by atoms with van der Waals surface area (Å²) < 4.78 is 0. The zero-order chi connectivity index (χ0) is 16.2. The molecule has 0 bridgehead atoms. The third-order valence-electron chi connectivity index (χ3n) is 4.06. The molecule has 0 amide bonds. The maximum absolute atomic E-state index is 10.9. The van der Waals surface area contributed by atoms with E-state index in [0.717, 1.165) is 11.1 Å². The monoisotopic (exact) mass is 318 g/mol. The zero-order valence-electron chi connectivity index (χ0n) is 13.0. The molecule has 0 saturated heterocycles. The SMILES string of the molecule is CCNC(N)(c1ccccc1)C(O)C(C)c1ccc(Cl)cc1. The highest BCUT2D eigenvalue weighted by molar-refractivity contribution is 6.30. The Kier molecular flexibility index (Phi) is 5.59. The van der Waals surface area contributed by atoms with Crippen molar-refractivity contribution in [2.45, 2.75) is 31.5 Å². The van der Waals surface area contributed by atoms with Gasteiger partial charge in [-0.05, 0) is 29.8 Å². The van der Waals surface area contributed by atoms with E-state index in [1.165, 1.54) is 0 Å². The Morgan fingerprint density at radius 3 is 2.27 bits per heavy atom. The molecule has 22 heavy (non-hydrogen) atoms. The molecule has 0 aromatic heterocycles. The van der Waals surface area contributed by atoms with Crippen LogP contribution in [0.15, 0.2) is 54.6 Å². The fourth-order valence-electron chi connectivity index (χ4n) is 2.73. The molecule has 0 spiro atoms. The first kappa shape index (κ1) is 17.0. The van der Waals surface area contributed by atoms with Gasteiger partial charge in [0.2, 0.25) is 0 Å². The first-order chi connectivity index (χ1) is 10.5. The van der Waals surface area contributed by atoms with E-state index in [1.807, 2.05) is 68.4 Å². The van der Waals surface area contributed by atoms with Crippen LogP contribution in [0.2, 0.25) is 5.02 Å². The second-order valence-electron chi connectivity index (χ2n) is 5.55. The van der Waals surface area contributed by atoms with E-state index < -0.39 is 11.8 Å². The largest absolute Gasteiger partial charge is 0.389 e. The Morgan fingerprint density at radius 1 is 1.14 bits per heavy atom. The lowest BCUT2D eigenvalue weighted by Gasteiger charge is -2.38. The van der Waals surface area contributed by atoms with Gasteiger partial charge in [-0.1, -0.05) is 67.9 Å². The Hall–Kier alpha value is -1.39. The summed E-state index contributed by atoms with van der Waals surface area (Å²) in [6, 6.07) is 17.1. The number of aliphatic hydroxyl groups is 1. The molecule has 118 valence electrons. The average molecular weight is 319 g/mol. The number of benzene rings is 2. The molecule has 0 heterocycles. The summed E-state index contributed by atoms with van der Waals surface area (Å²) in [4.78, 5) is 0. The third kappa shape index (κ3) is 3.50. The highest BCUT2D eigenvalue weighted by atomic mass is 35.5. The van der Waals surface area contributed by atoms with Crippen molar-refractivity contribution in [2.24, 2.45) is 5.73 Å². The summed E-state index contributed by atoms with van der Waals surface area (Å²) >= 11 is 5.93. The number of halogens is 1. The van der Waals surface area contributed by atoms with Crippen LogP contribution in [-0.2, 0) is 5.66 Å². The number of rotatable bonds is 6. The molecule has 2 aromatic carbocycles. The maximum Gasteiger partial charge on any atom is 0.120 e. The standard InChI is InChI=1S/C18H23ClN2O/c1-3-21-18(20,15-7-5-4-6-8-15)17(22)13(2)14-9-11-16(19)12-10-14/h4-13,17,21-22H,3,20H2,1-2H3. The lowest BCUT2D eigenvalue weighted by atomic mass is 9.83. The molecular weight excluding hydrogens is 296 g/mol. The van der Waals surface area contributed by atoms with Gasteiger partial charge in [-0.2, -0.15) is 0 Å². The highest BCUT2D eigenvalue weighted by Gasteiger charge is 2.38. The molecule has 3 unspecified atom stereocenters. The normalized spacial score (nSPS) is 16.8. The molecule has 4 N–H and O–H groups in total. The Morgan fingerprint density at radius 2 is 1.73 bits per heavy atom. The summed E-state index contributed by atoms with van der Waals surface area (Å²) in [7, 11) is 0. The summed E-state index contributed by atoms with van der Waals surface area (Å²) in [5, 5.41) is 14.8. The molecule has 0 aliphatic heterocycles. The quantitative estimate of drug-likeness (QED) is 0.717. The topological polar surface area (TPSA) is 58.3 Å². The van der Waals surface area contributed by atoms with Crippen molar-refractivity contribution in [3.8, 4) is 0 Å². The Balaban J connectivity index is 2.33. The number of nitrogens with one attached hydrogen (secondary N) is 1. The van der Waals surface area contributed by atoms with Crippen LogP contribution in [-0.4, -0.2) is 17.8 Å². The lowest BCUT2D eigenvalue weighted by Crippen LogP contribution is -2.60. The van der Waals surface area contributed by atoms with Crippen LogP contribution in [0, 0.1) is 0 Å². The van der Waals surface area contributed by atoms with Crippen molar-refractivity contribution >= 4 is 11.6 Å². The Bertz CT molecular complexity index is 588. The smallest absolute Gasteiger partial charge is 0.120 e. The fraction of sp³-hybridized carbons (Fsp3) is 0.333. The molecule has 3 nitrogen and oxygen atoms in total. The molecule has 4 heteroatoms. The van der Waals surface area contributed by atoms with Crippen LogP contribution >= 0.6 is 11.6 Å². The van der Waals surface area contributed by atoms with E-state index in [1.54, 1.807) is 0 Å². The molecule has 2 aromatic rings. The van der Waals surface area contributed by atoms with E-state index in [0.29, 0.717) is 11.6 Å². The van der Waals surface area contributed by atoms with Gasteiger partial charge in [0, 0.05) is 10.9 Å². The van der Waals surface area contributed by atoms with Gasteiger partial charge in [0.1, 0.15) is 5.66 Å². The van der Waals surface area contributed by atoms with E-state index in [2.05, 4.69) is 5.32 Å². The van der Waals surface area contributed by atoms with Gasteiger partial charge in [-0.25, -0.2) is 0 Å². The highest BCUT2D eigenvalue weighted by Crippen LogP contribution is 2.30. The third-order valence-corrected chi connectivity index (χ3v) is 4.31. The van der Waals surface area contributed by atoms with Gasteiger partial charge in [0.15, 0.2) is 0 Å². The Labute approximate surface area is 137 Å². The molecule has 0 aliphatic carbocycles. The van der Waals surface area contributed by atoms with Crippen molar-refractivity contribution in [1.82, 2.24) is 5.32 Å². The van der Waals surface area contributed by atoms with Crippen LogP contribution in [0.5, 0.6) is 0 Å². The van der Waals surface area contributed by atoms with Crippen LogP contribution < -0.4 is 11.1 Å². The van der Waals surface area contributed by atoms with Gasteiger partial charge >= 0.3 is 0 Å². The first-order valence-electron chi connectivity index (χ1n) is 7.52. The van der Waals surface area contributed by atoms with Crippen molar-refractivity contribution in [3.05, 3.63) is 70.7 Å². The number of hydrogen-bond donors (Lipinski definition) is 3. The number of hydrogen-bond acceptors (Lipinski definition) is 3. The first-order valence-corrected chi connectivity index (χ1v) is 7.89. The minimum absolute atomic E-state index is 0.137. The van der Waals surface area contributed by atoms with Gasteiger partial charge in [-0.3, -0.25) is 5.32 Å². The summed E-state index contributed by atoms with van der Waals surface area (Å²) in [5.41, 5.74) is 7.42. The van der Waals surface area contributed by atoms with Crippen LogP contribution in [0.3, 0.4) is 0 Å². The lowest BCUT2D eigenvalue weighted by molar-refractivity contribution is 0.0423. The molecule has 3 atom stereocenters. The second-order valence-corrected chi connectivity index (χ2v) is 5.99. The molecule has 0 saturated carbocycles. The number of nitrogens with two attached hydrogens (primary N) is 1. The maximum atomic E-state index is 10.9. The summed E-state index contributed by atoms with van der Waals surface area (Å²) in [6.45, 7) is 4.61. The van der Waals surface area contributed by atoms with Gasteiger partial charge in [0.05, 0.1) is 6.10 Å². The molecular formula is C18H23ClN2O. The predicted molar refractivity (Wildman–Crippen MR) is 91.9 cm³/mol. The van der Waals surface area contributed by atoms with Crippen molar-refractivity contribution in [2.75, 3.05) is 6.54 Å². The molecule has 0 aliphatic rings. The predicted octanol–water partition coefficient (Wildman–Crippen LogP) is 3.23. The van der Waals surface area contributed by atoms with Crippen molar-refractivity contribution in [3.63, 3.8) is 0 Å². The van der Waals surface area contributed by atoms with Gasteiger partial charge in [-0.15, -0.1) is 0 Å². The van der Waals surface area contributed by atoms with E-state index >= 15 is 0 Å². The fourth-order valence-corrected chi connectivity index (χ4v) is 2.85. The van der Waals surface area contributed by atoms with Gasteiger partial charge < -0.3 is 10.8 Å². The van der Waals surface area contributed by atoms with E-state index in [4.69, 9.17) is 17.3 Å². The zero-order valence-corrected chi connectivity index (χ0v) is 13.7. The minimum atomic E-state index is -1.00. The van der Waals surface area contributed by atoms with Crippen molar-refractivity contribution < 1.29 is 5.11 Å². The summed E-state index contributed by atoms with van der Waals surface area (Å²) in [5.74, 6) is -0.137. The minimum Gasteiger partial charge on any atom is -0.389 e. The molecule has 2 rings (SSSR count). The molecule has 0 radical (unpaired) electrons. The van der Waals surface area contributed by atoms with E-state index in [-0.39, 0.29) is 5.92 Å². The average Bonchev–Trinajstić information content (AvgIpc) is 2.55.